The number of alkyl halides is 3. The molecule has 1 aromatic heterocycles. The Morgan fingerprint density at radius 1 is 0.947 bits per heavy atom. The second-order valence-corrected chi connectivity index (χ2v) is 4.83. The van der Waals surface area contributed by atoms with Crippen molar-refractivity contribution in [2.24, 2.45) is 0 Å². The zero-order chi connectivity index (χ0) is 14.4. The number of hydrogen-bond acceptors (Lipinski definition) is 1. The molecule has 0 spiro atoms. The lowest BCUT2D eigenvalue weighted by atomic mass is 10.1. The number of hydrogen-bond donors (Lipinski definition) is 0. The molecule has 1 heterocycles. The van der Waals surface area contributed by atoms with Crippen molar-refractivity contribution < 1.29 is 13.2 Å². The average molecular weight is 268 g/mol. The van der Waals surface area contributed by atoms with Crippen LogP contribution in [0.15, 0.2) is 18.2 Å². The van der Waals surface area contributed by atoms with E-state index in [1.54, 1.807) is 6.92 Å². The van der Waals surface area contributed by atoms with Gasteiger partial charge in [0, 0.05) is 5.69 Å². The van der Waals surface area contributed by atoms with E-state index >= 15 is 0 Å². The van der Waals surface area contributed by atoms with Crippen molar-refractivity contribution in [2.75, 3.05) is 0 Å². The third-order valence-corrected chi connectivity index (χ3v) is 3.03. The van der Waals surface area contributed by atoms with Crippen LogP contribution in [0, 0.1) is 27.7 Å². The molecule has 0 bridgehead atoms. The molecule has 2 aromatic rings. The molecule has 0 atom stereocenters. The van der Waals surface area contributed by atoms with E-state index in [9.17, 15) is 13.2 Å². The highest BCUT2D eigenvalue weighted by molar-refractivity contribution is 5.49. The van der Waals surface area contributed by atoms with Gasteiger partial charge in [-0.25, -0.2) is 4.68 Å². The first kappa shape index (κ1) is 13.6. The van der Waals surface area contributed by atoms with Gasteiger partial charge in [-0.2, -0.15) is 18.3 Å². The summed E-state index contributed by atoms with van der Waals surface area (Å²) in [6.45, 7) is 7.34. The van der Waals surface area contributed by atoms with Crippen LogP contribution in [0.3, 0.4) is 0 Å². The van der Waals surface area contributed by atoms with E-state index in [1.807, 2.05) is 32.9 Å². The summed E-state index contributed by atoms with van der Waals surface area (Å²) in [5.41, 5.74) is 3.25. The normalized spacial score (nSPS) is 11.9. The first-order chi connectivity index (χ1) is 8.70. The first-order valence-electron chi connectivity index (χ1n) is 5.92. The van der Waals surface area contributed by atoms with Gasteiger partial charge in [0.05, 0.1) is 5.69 Å². The van der Waals surface area contributed by atoms with E-state index in [1.165, 1.54) is 4.68 Å². The van der Waals surface area contributed by atoms with Gasteiger partial charge in [-0.05, 0) is 44.9 Å². The van der Waals surface area contributed by atoms with Crippen LogP contribution < -0.4 is 0 Å². The molecule has 2 nitrogen and oxygen atoms in total. The Kier molecular flexibility index (Phi) is 3.16. The third kappa shape index (κ3) is 2.50. The predicted octanol–water partition coefficient (Wildman–Crippen LogP) is 4.12. The Morgan fingerprint density at radius 2 is 1.47 bits per heavy atom. The van der Waals surface area contributed by atoms with E-state index in [2.05, 4.69) is 5.10 Å². The molecule has 0 aliphatic carbocycles. The van der Waals surface area contributed by atoms with Crippen molar-refractivity contribution in [1.82, 2.24) is 9.78 Å². The summed E-state index contributed by atoms with van der Waals surface area (Å²) in [6.07, 6.45) is -4.41. The van der Waals surface area contributed by atoms with Crippen molar-refractivity contribution in [3.8, 4) is 5.69 Å². The van der Waals surface area contributed by atoms with Gasteiger partial charge in [0.2, 0.25) is 0 Å². The second-order valence-electron chi connectivity index (χ2n) is 4.83. The van der Waals surface area contributed by atoms with Crippen LogP contribution in [0.4, 0.5) is 13.2 Å². The van der Waals surface area contributed by atoms with E-state index in [-0.39, 0.29) is 0 Å². The van der Waals surface area contributed by atoms with Gasteiger partial charge >= 0.3 is 6.18 Å². The molecule has 0 N–H and O–H groups in total. The van der Waals surface area contributed by atoms with Crippen LogP contribution >= 0.6 is 0 Å². The zero-order valence-electron chi connectivity index (χ0n) is 11.3. The molecule has 0 fully saturated rings. The Bertz CT molecular complexity index is 601. The molecule has 0 amide bonds. The highest BCUT2D eigenvalue weighted by atomic mass is 19.4. The van der Waals surface area contributed by atoms with Crippen LogP contribution in [0.25, 0.3) is 5.69 Å². The molecule has 19 heavy (non-hydrogen) atoms. The summed E-state index contributed by atoms with van der Waals surface area (Å²) in [5, 5.41) is 3.69. The van der Waals surface area contributed by atoms with Crippen molar-refractivity contribution in [3.05, 3.63) is 46.3 Å². The summed E-state index contributed by atoms with van der Waals surface area (Å²) < 4.78 is 39.4. The van der Waals surface area contributed by atoms with Crippen molar-refractivity contribution in [1.29, 1.82) is 0 Å². The number of benzene rings is 1. The monoisotopic (exact) mass is 268 g/mol. The van der Waals surface area contributed by atoms with Gasteiger partial charge in [0.15, 0.2) is 5.69 Å². The number of nitrogens with zero attached hydrogens (tertiary/aromatic N) is 2. The fourth-order valence-corrected chi connectivity index (χ4v) is 2.35. The standard InChI is InChI=1S/C14H15F3N2/c1-8-5-9(2)13(10(3)6-8)19-11(4)7-12(18-19)14(15,16)17/h5-7H,1-4H3. The highest BCUT2D eigenvalue weighted by Gasteiger charge is 2.34. The van der Waals surface area contributed by atoms with Crippen LogP contribution in [-0.2, 0) is 6.18 Å². The fraction of sp³-hybridized carbons (Fsp3) is 0.357. The van der Waals surface area contributed by atoms with Gasteiger partial charge in [-0.3, -0.25) is 0 Å². The van der Waals surface area contributed by atoms with Crippen LogP contribution in [-0.4, -0.2) is 9.78 Å². The maximum atomic E-state index is 12.7. The topological polar surface area (TPSA) is 17.8 Å². The molecular formula is C14H15F3N2. The highest BCUT2D eigenvalue weighted by Crippen LogP contribution is 2.30. The summed E-state index contributed by atoms with van der Waals surface area (Å²) >= 11 is 0. The van der Waals surface area contributed by atoms with Gasteiger partial charge < -0.3 is 0 Å². The molecule has 0 unspecified atom stereocenters. The maximum absolute atomic E-state index is 12.7. The third-order valence-electron chi connectivity index (χ3n) is 3.03. The molecule has 0 saturated carbocycles. The van der Waals surface area contributed by atoms with E-state index in [0.717, 1.165) is 28.4 Å². The molecule has 0 saturated heterocycles. The van der Waals surface area contributed by atoms with E-state index < -0.39 is 11.9 Å². The molecular weight excluding hydrogens is 253 g/mol. The first-order valence-corrected chi connectivity index (χ1v) is 5.92. The summed E-state index contributed by atoms with van der Waals surface area (Å²) in [5.74, 6) is 0. The molecule has 0 aliphatic heterocycles. The lowest BCUT2D eigenvalue weighted by Crippen LogP contribution is -2.09. The lowest BCUT2D eigenvalue weighted by molar-refractivity contribution is -0.141. The van der Waals surface area contributed by atoms with Gasteiger partial charge in [0.25, 0.3) is 0 Å². The maximum Gasteiger partial charge on any atom is 0.435 e. The number of rotatable bonds is 1. The quantitative estimate of drug-likeness (QED) is 0.760. The number of aryl methyl sites for hydroxylation is 4. The van der Waals surface area contributed by atoms with Crippen molar-refractivity contribution in [2.45, 2.75) is 33.9 Å². The van der Waals surface area contributed by atoms with Crippen molar-refractivity contribution >= 4 is 0 Å². The van der Waals surface area contributed by atoms with Gasteiger partial charge in [0.1, 0.15) is 0 Å². The molecule has 0 radical (unpaired) electrons. The molecule has 102 valence electrons. The molecule has 1 aromatic carbocycles. The van der Waals surface area contributed by atoms with Crippen molar-refractivity contribution in [3.63, 3.8) is 0 Å². The van der Waals surface area contributed by atoms with E-state index in [4.69, 9.17) is 0 Å². The Hall–Kier alpha value is -1.78. The minimum absolute atomic E-state index is 0.474. The second kappa shape index (κ2) is 4.40. The molecule has 5 heteroatoms. The smallest absolute Gasteiger partial charge is 0.237 e. The zero-order valence-corrected chi connectivity index (χ0v) is 11.3. The Balaban J connectivity index is 2.64. The van der Waals surface area contributed by atoms with Gasteiger partial charge in [-0.15, -0.1) is 0 Å². The number of aromatic nitrogens is 2. The average Bonchev–Trinajstić information content (AvgIpc) is 2.59. The predicted molar refractivity (Wildman–Crippen MR) is 67.5 cm³/mol. The Morgan fingerprint density at radius 3 is 1.89 bits per heavy atom. The van der Waals surface area contributed by atoms with Gasteiger partial charge in [-0.1, -0.05) is 17.7 Å². The largest absolute Gasteiger partial charge is 0.435 e. The van der Waals surface area contributed by atoms with E-state index in [0.29, 0.717) is 5.69 Å². The summed E-state index contributed by atoms with van der Waals surface area (Å²) in [6, 6.07) is 4.95. The summed E-state index contributed by atoms with van der Waals surface area (Å²) in [4.78, 5) is 0. The minimum Gasteiger partial charge on any atom is -0.237 e. The summed E-state index contributed by atoms with van der Waals surface area (Å²) in [7, 11) is 0. The van der Waals surface area contributed by atoms with Crippen LogP contribution in [0.2, 0.25) is 0 Å². The Labute approximate surface area is 109 Å². The SMILES string of the molecule is Cc1cc(C)c(-n2nc(C(F)(F)F)cc2C)c(C)c1. The minimum atomic E-state index is -4.41. The molecule has 2 rings (SSSR count). The lowest BCUT2D eigenvalue weighted by Gasteiger charge is -2.13. The van der Waals surface area contributed by atoms with Crippen LogP contribution in [0.5, 0.6) is 0 Å². The van der Waals surface area contributed by atoms with Crippen LogP contribution in [0.1, 0.15) is 28.1 Å². The molecule has 0 aliphatic rings. The fourth-order valence-electron chi connectivity index (χ4n) is 2.35. The number of halogens is 3.